The Kier molecular flexibility index (Phi) is 3.39. The van der Waals surface area contributed by atoms with Crippen LogP contribution in [0.2, 0.25) is 0 Å². The van der Waals surface area contributed by atoms with Gasteiger partial charge in [0.05, 0.1) is 0 Å². The third-order valence-corrected chi connectivity index (χ3v) is 8.10. The molecule has 0 aromatic carbocycles. The van der Waals surface area contributed by atoms with Gasteiger partial charge in [0.15, 0.2) is 11.6 Å². The van der Waals surface area contributed by atoms with Gasteiger partial charge in [-0.2, -0.15) is 0 Å². The zero-order valence-corrected chi connectivity index (χ0v) is 14.3. The number of fused-ring (bicyclic) bond motifs is 5. The molecule has 0 amide bonds. The molecule has 0 aliphatic heterocycles. The molecule has 3 nitrogen and oxygen atoms in total. The van der Waals surface area contributed by atoms with Gasteiger partial charge in [0.1, 0.15) is 5.60 Å². The Balaban J connectivity index is 1.65. The fourth-order valence-electron chi connectivity index (χ4n) is 6.84. The predicted molar refractivity (Wildman–Crippen MR) is 87.7 cm³/mol. The summed E-state index contributed by atoms with van der Waals surface area (Å²) in [7, 11) is 0. The maximum Gasteiger partial charge on any atom is 0.161 e. The van der Waals surface area contributed by atoms with Crippen molar-refractivity contribution < 1.29 is 14.7 Å². The van der Waals surface area contributed by atoms with E-state index in [1.807, 2.05) is 0 Å². The molecule has 3 heteroatoms. The third kappa shape index (κ3) is 1.98. The van der Waals surface area contributed by atoms with Crippen molar-refractivity contribution >= 4 is 11.6 Å². The quantitative estimate of drug-likeness (QED) is 0.807. The molecule has 0 bridgehead atoms. The molecular weight excluding hydrogens is 288 g/mol. The average Bonchev–Trinajstić information content (AvgIpc) is 2.80. The first kappa shape index (κ1) is 15.6. The van der Waals surface area contributed by atoms with E-state index in [9.17, 15) is 14.7 Å². The summed E-state index contributed by atoms with van der Waals surface area (Å²) in [4.78, 5) is 23.9. The molecule has 2 unspecified atom stereocenters. The number of allylic oxidation sites excluding steroid dienone is 2. The van der Waals surface area contributed by atoms with E-state index in [0.29, 0.717) is 36.0 Å². The van der Waals surface area contributed by atoms with Crippen molar-refractivity contribution in [3.63, 3.8) is 0 Å². The summed E-state index contributed by atoms with van der Waals surface area (Å²) < 4.78 is 0. The van der Waals surface area contributed by atoms with Crippen LogP contribution in [-0.4, -0.2) is 22.3 Å². The number of carbonyl (C=O) groups is 2. The van der Waals surface area contributed by atoms with E-state index in [0.717, 1.165) is 32.1 Å². The Morgan fingerprint density at radius 1 is 1.17 bits per heavy atom. The van der Waals surface area contributed by atoms with Gasteiger partial charge in [-0.25, -0.2) is 0 Å². The van der Waals surface area contributed by atoms with Crippen LogP contribution >= 0.6 is 0 Å². The summed E-state index contributed by atoms with van der Waals surface area (Å²) in [6, 6.07) is 0. The molecule has 7 atom stereocenters. The monoisotopic (exact) mass is 316 g/mol. The summed E-state index contributed by atoms with van der Waals surface area (Å²) in [6.07, 6.45) is 10.7. The van der Waals surface area contributed by atoms with Crippen LogP contribution in [0.25, 0.3) is 0 Å². The Bertz CT molecular complexity index is 579. The fraction of sp³-hybridized carbons (Fsp3) is 0.800. The molecule has 3 fully saturated rings. The number of aliphatic hydroxyl groups is 1. The number of hydrogen-bond donors (Lipinski definition) is 1. The lowest BCUT2D eigenvalue weighted by molar-refractivity contribution is -0.159. The van der Waals surface area contributed by atoms with Gasteiger partial charge in [0.25, 0.3) is 0 Å². The summed E-state index contributed by atoms with van der Waals surface area (Å²) in [5.41, 5.74) is -1.36. The summed E-state index contributed by atoms with van der Waals surface area (Å²) >= 11 is 0. The van der Waals surface area contributed by atoms with E-state index >= 15 is 0 Å². The molecule has 0 heterocycles. The summed E-state index contributed by atoms with van der Waals surface area (Å²) in [5, 5.41) is 11.1. The van der Waals surface area contributed by atoms with Crippen LogP contribution in [0.4, 0.5) is 0 Å². The maximum absolute atomic E-state index is 12.2. The Morgan fingerprint density at radius 3 is 2.70 bits per heavy atom. The van der Waals surface area contributed by atoms with E-state index < -0.39 is 5.60 Å². The number of rotatable bonds is 1. The molecule has 4 aliphatic carbocycles. The molecule has 4 rings (SSSR count). The molecular formula is C20H28O3. The number of Topliss-reactive ketones (excluding diaryl/α,β-unsaturated/α-hetero) is 1. The van der Waals surface area contributed by atoms with Crippen LogP contribution < -0.4 is 0 Å². The average molecular weight is 316 g/mol. The van der Waals surface area contributed by atoms with Crippen molar-refractivity contribution in [3.8, 4) is 0 Å². The van der Waals surface area contributed by atoms with Gasteiger partial charge in [-0.3, -0.25) is 9.59 Å². The minimum absolute atomic E-state index is 0.0437. The second kappa shape index (κ2) is 5.02. The summed E-state index contributed by atoms with van der Waals surface area (Å²) in [5.74, 6) is 3.04. The second-order valence-corrected chi connectivity index (χ2v) is 8.79. The van der Waals surface area contributed by atoms with Gasteiger partial charge < -0.3 is 5.11 Å². The minimum Gasteiger partial charge on any atom is -0.382 e. The topological polar surface area (TPSA) is 54.4 Å². The number of hydrogen-bond acceptors (Lipinski definition) is 3. The van der Waals surface area contributed by atoms with Crippen molar-refractivity contribution in [1.29, 1.82) is 0 Å². The molecule has 3 saturated carbocycles. The van der Waals surface area contributed by atoms with Crippen LogP contribution in [0, 0.1) is 35.0 Å². The lowest BCUT2D eigenvalue weighted by Crippen LogP contribution is -2.56. The first-order chi connectivity index (χ1) is 10.9. The number of ketones is 2. The van der Waals surface area contributed by atoms with Gasteiger partial charge in [0.2, 0.25) is 0 Å². The fourth-order valence-corrected chi connectivity index (χ4v) is 6.84. The molecule has 4 aliphatic rings. The van der Waals surface area contributed by atoms with E-state index in [-0.39, 0.29) is 17.0 Å². The Labute approximate surface area is 138 Å². The molecule has 1 N–H and O–H groups in total. The van der Waals surface area contributed by atoms with Crippen LogP contribution in [0.1, 0.15) is 58.8 Å². The van der Waals surface area contributed by atoms with E-state index in [4.69, 9.17) is 0 Å². The third-order valence-electron chi connectivity index (χ3n) is 8.10. The molecule has 0 aromatic rings. The normalized spacial score (nSPS) is 51.8. The van der Waals surface area contributed by atoms with Gasteiger partial charge in [-0.1, -0.05) is 13.0 Å². The smallest absolute Gasteiger partial charge is 0.161 e. The van der Waals surface area contributed by atoms with Crippen molar-refractivity contribution in [2.45, 2.75) is 64.4 Å². The van der Waals surface area contributed by atoms with Gasteiger partial charge in [0, 0.05) is 11.8 Å². The van der Waals surface area contributed by atoms with Crippen LogP contribution in [0.15, 0.2) is 12.2 Å². The molecule has 0 radical (unpaired) electrons. The lowest BCUT2D eigenvalue weighted by Gasteiger charge is -2.55. The first-order valence-corrected chi connectivity index (χ1v) is 9.31. The molecule has 0 saturated heterocycles. The van der Waals surface area contributed by atoms with Crippen LogP contribution in [0.3, 0.4) is 0 Å². The second-order valence-electron chi connectivity index (χ2n) is 8.79. The molecule has 0 aromatic heterocycles. The highest BCUT2D eigenvalue weighted by Crippen LogP contribution is 2.64. The minimum atomic E-state index is -1.11. The van der Waals surface area contributed by atoms with Gasteiger partial charge >= 0.3 is 0 Å². The maximum atomic E-state index is 12.2. The van der Waals surface area contributed by atoms with Gasteiger partial charge in [-0.05, 0) is 81.1 Å². The predicted octanol–water partition coefficient (Wildman–Crippen LogP) is 3.30. The van der Waals surface area contributed by atoms with Crippen molar-refractivity contribution in [2.24, 2.45) is 35.0 Å². The van der Waals surface area contributed by atoms with E-state index in [1.54, 1.807) is 13.0 Å². The zero-order chi connectivity index (χ0) is 16.4. The van der Waals surface area contributed by atoms with Crippen LogP contribution in [-0.2, 0) is 9.59 Å². The standard InChI is InChI=1S/C20H28O3/c1-12(21)20(23)10-8-18-17-5-3-13-11-14(22)4-6-15(13)16(17)7-9-19(18,20)2/h4,6,13,15-18,23H,3,5,7-11H2,1-2H3/t13?,15-,16+,17+,18-,19-,20?/m0/s1. The SMILES string of the molecule is CC(=O)C1(O)CC[C@H]2[C@@H]3CCC4CC(=O)C=C[C@@H]4[C@H]3CC[C@@]21C. The molecule has 0 spiro atoms. The zero-order valence-electron chi connectivity index (χ0n) is 14.3. The Hall–Kier alpha value is -0.960. The van der Waals surface area contributed by atoms with E-state index in [2.05, 4.69) is 13.0 Å². The first-order valence-electron chi connectivity index (χ1n) is 9.31. The number of carbonyl (C=O) groups excluding carboxylic acids is 2. The van der Waals surface area contributed by atoms with E-state index in [1.165, 1.54) is 6.42 Å². The van der Waals surface area contributed by atoms with Crippen LogP contribution in [0.5, 0.6) is 0 Å². The van der Waals surface area contributed by atoms with Crippen molar-refractivity contribution in [2.75, 3.05) is 0 Å². The highest BCUT2D eigenvalue weighted by atomic mass is 16.3. The molecule has 23 heavy (non-hydrogen) atoms. The van der Waals surface area contributed by atoms with Crippen molar-refractivity contribution in [1.82, 2.24) is 0 Å². The highest BCUT2D eigenvalue weighted by molar-refractivity contribution is 5.90. The van der Waals surface area contributed by atoms with Gasteiger partial charge in [-0.15, -0.1) is 0 Å². The Morgan fingerprint density at radius 2 is 1.96 bits per heavy atom. The summed E-state index contributed by atoms with van der Waals surface area (Å²) in [6.45, 7) is 3.72. The van der Waals surface area contributed by atoms with Crippen molar-refractivity contribution in [3.05, 3.63) is 12.2 Å². The highest BCUT2D eigenvalue weighted by Gasteiger charge is 2.64. The largest absolute Gasteiger partial charge is 0.382 e. The molecule has 126 valence electrons. The lowest BCUT2D eigenvalue weighted by atomic mass is 9.49.